The van der Waals surface area contributed by atoms with E-state index in [2.05, 4.69) is 26.6 Å². The van der Waals surface area contributed by atoms with Gasteiger partial charge in [0, 0.05) is 52.9 Å². The molecule has 0 radical (unpaired) electrons. The molecule has 6 rings (SSSR count). The number of hydrogen-bond acceptors (Lipinski definition) is 9. The summed E-state index contributed by atoms with van der Waals surface area (Å²) in [6, 6.07) is 23.8. The lowest BCUT2D eigenvalue weighted by Gasteiger charge is -2.16. The van der Waals surface area contributed by atoms with Gasteiger partial charge in [-0.2, -0.15) is 11.8 Å². The van der Waals surface area contributed by atoms with Gasteiger partial charge in [-0.1, -0.05) is 30.7 Å². The van der Waals surface area contributed by atoms with Crippen LogP contribution in [0.1, 0.15) is 60.0 Å². The first-order valence-corrected chi connectivity index (χ1v) is 20.6. The number of anilines is 1. The van der Waals surface area contributed by atoms with Gasteiger partial charge in [0.2, 0.25) is 5.91 Å². The Bertz CT molecular complexity index is 2190. The number of nitrogens with one attached hydrogen (secondary N) is 5. The molecule has 0 spiro atoms. The predicted octanol–water partition coefficient (Wildman–Crippen LogP) is 5.27. The Hall–Kier alpha value is -6.42. The van der Waals surface area contributed by atoms with Crippen molar-refractivity contribution in [2.45, 2.75) is 55.9 Å². The minimum Gasteiger partial charge on any atom is -0.484 e. The molecule has 2 saturated heterocycles. The number of urea groups is 1. The maximum Gasteiger partial charge on any atom is 0.315 e. The van der Waals surface area contributed by atoms with Gasteiger partial charge in [-0.05, 0) is 97.6 Å². The van der Waals surface area contributed by atoms with E-state index < -0.39 is 23.6 Å². The lowest BCUT2D eigenvalue weighted by Crippen LogP contribution is -2.37. The highest BCUT2D eigenvalue weighted by atomic mass is 32.2. The van der Waals surface area contributed by atoms with E-state index >= 15 is 0 Å². The van der Waals surface area contributed by atoms with Gasteiger partial charge in [0.05, 0.1) is 18.0 Å². The monoisotopic (exact) mass is 839 g/mol. The third-order valence-corrected chi connectivity index (χ3v) is 11.7. The number of ketones is 1. The molecule has 2 heterocycles. The number of benzene rings is 4. The molecule has 0 saturated carbocycles. The fourth-order valence-electron chi connectivity index (χ4n) is 6.79. The first kappa shape index (κ1) is 43.2. The van der Waals surface area contributed by atoms with Gasteiger partial charge in [0.25, 0.3) is 11.8 Å². The number of amides is 5. The molecule has 2 fully saturated rings. The van der Waals surface area contributed by atoms with Crippen LogP contribution in [-0.2, 0) is 19.2 Å². The standard InChI is InChI=1S/C44H46FN5O9S/c1-26(43(55)56)30-12-19-34(35(45)22-30)27-6-13-31(14-7-27)48-40(53)24-59-33-17-10-29(11-18-33)42(54)28-8-15-32(16-9-28)58-23-39(52)47-21-20-46-38(51)5-3-2-4-37-41-36(25-60-37)49-44(57)50-41/h6-19,22,26,36-37,41H,2-5,20-21,23-25H2,1H3,(H,46,51)(H,47,52)(H,48,53)(H,55,56)(H2,49,50,57)/t26?,36-,37-,41-/m0/s1. The Morgan fingerprint density at radius 3 is 2.03 bits per heavy atom. The average Bonchev–Trinajstić information content (AvgIpc) is 3.81. The summed E-state index contributed by atoms with van der Waals surface area (Å²) in [6.07, 6.45) is 2.98. The molecule has 0 aromatic heterocycles. The summed E-state index contributed by atoms with van der Waals surface area (Å²) in [5.41, 5.74) is 2.49. The number of halogens is 1. The fraction of sp³-hybridized carbons (Fsp3) is 0.318. The molecule has 0 aliphatic carbocycles. The van der Waals surface area contributed by atoms with Gasteiger partial charge in [0.1, 0.15) is 17.3 Å². The van der Waals surface area contributed by atoms with E-state index in [1.54, 1.807) is 78.9 Å². The number of unbranched alkanes of at least 4 members (excludes halogenated alkanes) is 1. The van der Waals surface area contributed by atoms with Gasteiger partial charge in [-0.25, -0.2) is 9.18 Å². The average molecular weight is 840 g/mol. The largest absolute Gasteiger partial charge is 0.484 e. The topological polar surface area (TPSA) is 201 Å². The molecule has 14 nitrogen and oxygen atoms in total. The van der Waals surface area contributed by atoms with Gasteiger partial charge in [0.15, 0.2) is 19.0 Å². The van der Waals surface area contributed by atoms with Gasteiger partial charge in [-0.15, -0.1) is 0 Å². The molecule has 1 unspecified atom stereocenters. The fourth-order valence-corrected chi connectivity index (χ4v) is 8.34. The molecule has 2 aliphatic heterocycles. The Morgan fingerprint density at radius 2 is 1.42 bits per heavy atom. The molecule has 4 aromatic carbocycles. The number of carboxylic acids is 1. The van der Waals surface area contributed by atoms with Gasteiger partial charge < -0.3 is 41.2 Å². The van der Waals surface area contributed by atoms with Crippen LogP contribution in [0.2, 0.25) is 0 Å². The van der Waals surface area contributed by atoms with Crippen LogP contribution in [0.5, 0.6) is 11.5 Å². The predicted molar refractivity (Wildman–Crippen MR) is 224 cm³/mol. The quantitative estimate of drug-likeness (QED) is 0.0387. The molecule has 314 valence electrons. The van der Waals surface area contributed by atoms with Crippen molar-refractivity contribution in [3.05, 3.63) is 114 Å². The molecule has 4 aromatic rings. The van der Waals surface area contributed by atoms with Crippen LogP contribution in [0.15, 0.2) is 91.0 Å². The van der Waals surface area contributed by atoms with E-state index in [4.69, 9.17) is 9.47 Å². The molecule has 16 heteroatoms. The number of rotatable bonds is 20. The lowest BCUT2D eigenvalue weighted by atomic mass is 9.97. The Kier molecular flexibility index (Phi) is 14.8. The first-order chi connectivity index (χ1) is 28.9. The Morgan fingerprint density at radius 1 is 0.800 bits per heavy atom. The number of carbonyl (C=O) groups is 6. The smallest absolute Gasteiger partial charge is 0.315 e. The highest BCUT2D eigenvalue weighted by Gasteiger charge is 2.42. The third-order valence-electron chi connectivity index (χ3n) is 10.2. The molecule has 2 aliphatic rings. The first-order valence-electron chi connectivity index (χ1n) is 19.6. The van der Waals surface area contributed by atoms with E-state index in [1.807, 2.05) is 11.8 Å². The summed E-state index contributed by atoms with van der Waals surface area (Å²) in [7, 11) is 0. The summed E-state index contributed by atoms with van der Waals surface area (Å²) >= 11 is 1.86. The van der Waals surface area contributed by atoms with E-state index in [9.17, 15) is 38.3 Å². The molecule has 60 heavy (non-hydrogen) atoms. The maximum atomic E-state index is 14.7. The zero-order valence-electron chi connectivity index (χ0n) is 32.8. The van der Waals surface area contributed by atoms with Crippen LogP contribution < -0.4 is 36.1 Å². The molecular formula is C44H46FN5O9S. The second-order valence-corrected chi connectivity index (χ2v) is 15.7. The zero-order valence-corrected chi connectivity index (χ0v) is 33.6. The van der Waals surface area contributed by atoms with Crippen LogP contribution in [0.25, 0.3) is 11.1 Å². The van der Waals surface area contributed by atoms with Crippen LogP contribution in [-0.4, -0.2) is 90.0 Å². The van der Waals surface area contributed by atoms with Crippen molar-refractivity contribution in [1.82, 2.24) is 21.3 Å². The van der Waals surface area contributed by atoms with E-state index in [0.29, 0.717) is 63.2 Å². The Balaban J connectivity index is 0.840. The molecule has 0 bridgehead atoms. The number of hydrogen-bond donors (Lipinski definition) is 6. The number of thioether (sulfide) groups is 1. The van der Waals surface area contributed by atoms with Crippen LogP contribution in [0.3, 0.4) is 0 Å². The van der Waals surface area contributed by atoms with E-state index in [-0.39, 0.29) is 55.5 Å². The van der Waals surface area contributed by atoms with Crippen molar-refractivity contribution in [3.8, 4) is 22.6 Å². The number of carbonyl (C=O) groups excluding carboxylic acids is 5. The van der Waals surface area contributed by atoms with Crippen molar-refractivity contribution < 1.29 is 47.7 Å². The van der Waals surface area contributed by atoms with Crippen LogP contribution >= 0.6 is 11.8 Å². The lowest BCUT2D eigenvalue weighted by molar-refractivity contribution is -0.138. The van der Waals surface area contributed by atoms with Crippen molar-refractivity contribution in [3.63, 3.8) is 0 Å². The van der Waals surface area contributed by atoms with Crippen molar-refractivity contribution in [2.24, 2.45) is 0 Å². The van der Waals surface area contributed by atoms with Crippen LogP contribution in [0, 0.1) is 5.82 Å². The summed E-state index contributed by atoms with van der Waals surface area (Å²) in [6.45, 7) is 1.50. The summed E-state index contributed by atoms with van der Waals surface area (Å²) in [5, 5.41) is 23.7. The minimum atomic E-state index is -1.04. The Labute approximate surface area is 350 Å². The SMILES string of the molecule is CC(C(=O)O)c1ccc(-c2ccc(NC(=O)COc3ccc(C(=O)c4ccc(OCC(=O)NCCNC(=O)CCCC[C@@H]5SC[C@@H]6NC(=O)N[C@@H]65)cc4)cc3)cc2)c(F)c1. The third kappa shape index (κ3) is 11.8. The van der Waals surface area contributed by atoms with Crippen molar-refractivity contribution in [1.29, 1.82) is 0 Å². The van der Waals surface area contributed by atoms with Gasteiger partial charge >= 0.3 is 12.0 Å². The summed E-state index contributed by atoms with van der Waals surface area (Å²) in [5.74, 6) is -1.85. The van der Waals surface area contributed by atoms with Gasteiger partial charge in [-0.3, -0.25) is 24.0 Å². The zero-order chi connectivity index (χ0) is 42.6. The summed E-state index contributed by atoms with van der Waals surface area (Å²) in [4.78, 5) is 72.8. The molecule has 4 atom stereocenters. The van der Waals surface area contributed by atoms with Crippen molar-refractivity contribution >= 4 is 53.0 Å². The molecule has 6 N–H and O–H groups in total. The van der Waals surface area contributed by atoms with Crippen molar-refractivity contribution in [2.75, 3.05) is 37.4 Å². The second-order valence-electron chi connectivity index (χ2n) is 14.4. The highest BCUT2D eigenvalue weighted by molar-refractivity contribution is 8.00. The number of ether oxygens (including phenoxy) is 2. The molecular weight excluding hydrogens is 794 g/mol. The van der Waals surface area contributed by atoms with E-state index in [0.717, 1.165) is 25.0 Å². The second kappa shape index (κ2) is 20.5. The number of carboxylic acid groups (broad SMARTS) is 1. The molecule has 5 amide bonds. The maximum absolute atomic E-state index is 14.7. The normalized spacial score (nSPS) is 17.0. The number of fused-ring (bicyclic) bond motifs is 1. The van der Waals surface area contributed by atoms with Crippen LogP contribution in [0.4, 0.5) is 14.9 Å². The summed E-state index contributed by atoms with van der Waals surface area (Å²) < 4.78 is 25.9. The number of aliphatic carboxylic acids is 1. The highest BCUT2D eigenvalue weighted by Crippen LogP contribution is 2.33. The van der Waals surface area contributed by atoms with E-state index in [1.165, 1.54) is 19.1 Å². The minimum absolute atomic E-state index is 0.0777.